The van der Waals surface area contributed by atoms with Gasteiger partial charge in [-0.25, -0.2) is 8.42 Å². The summed E-state index contributed by atoms with van der Waals surface area (Å²) in [6.45, 7) is 8.13. The molecule has 0 bridgehead atoms. The number of aromatic hydroxyl groups is 1. The number of piperazine rings is 1. The zero-order valence-electron chi connectivity index (χ0n) is 17.4. The van der Waals surface area contributed by atoms with Gasteiger partial charge in [0.05, 0.1) is 4.92 Å². The molecule has 1 fully saturated rings. The van der Waals surface area contributed by atoms with Gasteiger partial charge in [-0.05, 0) is 36.1 Å². The molecule has 2 aromatic rings. The average Bonchev–Trinajstić information content (AvgIpc) is 2.70. The van der Waals surface area contributed by atoms with Crippen LogP contribution in [0.4, 0.5) is 5.69 Å². The molecule has 1 aliphatic heterocycles. The Morgan fingerprint density at radius 2 is 1.77 bits per heavy atom. The fraction of sp³-hybridized carbons (Fsp3) is 0.429. The Hall–Kier alpha value is -2.49. The highest BCUT2D eigenvalue weighted by Gasteiger charge is 2.33. The monoisotopic (exact) mass is 433 g/mol. The number of nitrogens with zero attached hydrogens (tertiary/aromatic N) is 3. The number of phenols is 1. The molecule has 9 heteroatoms. The molecule has 0 radical (unpaired) electrons. The van der Waals surface area contributed by atoms with Crippen LogP contribution in [-0.2, 0) is 16.6 Å². The highest BCUT2D eigenvalue weighted by Crippen LogP contribution is 2.30. The van der Waals surface area contributed by atoms with Crippen molar-refractivity contribution in [1.82, 2.24) is 9.21 Å². The standard InChI is InChI=1S/C21H27N3O5S/c1-15(2)18-13-17(20(25)12-16(18)3)14-22-8-10-23(11-9-22)30(28,29)21-7-5-4-6-19(21)24(26)27/h4-7,12-13,15,25H,8-11,14H2,1-3H3. The number of aryl methyl sites for hydroxylation is 1. The van der Waals surface area contributed by atoms with Crippen LogP contribution in [0.3, 0.4) is 0 Å². The van der Waals surface area contributed by atoms with Crippen LogP contribution >= 0.6 is 0 Å². The minimum atomic E-state index is -3.95. The van der Waals surface area contributed by atoms with Crippen LogP contribution in [0, 0.1) is 17.0 Å². The molecule has 1 N–H and O–H groups in total. The Kier molecular flexibility index (Phi) is 6.44. The maximum atomic E-state index is 13.0. The molecule has 0 spiro atoms. The third-order valence-corrected chi connectivity index (χ3v) is 7.44. The highest BCUT2D eigenvalue weighted by atomic mass is 32.2. The summed E-state index contributed by atoms with van der Waals surface area (Å²) in [6.07, 6.45) is 0. The van der Waals surface area contributed by atoms with Crippen LogP contribution in [0.15, 0.2) is 41.3 Å². The predicted molar refractivity (Wildman–Crippen MR) is 114 cm³/mol. The van der Waals surface area contributed by atoms with Gasteiger partial charge in [-0.3, -0.25) is 15.0 Å². The van der Waals surface area contributed by atoms with Crippen molar-refractivity contribution in [2.45, 2.75) is 38.1 Å². The molecule has 0 unspecified atom stereocenters. The lowest BCUT2D eigenvalue weighted by Gasteiger charge is -2.34. The van der Waals surface area contributed by atoms with Gasteiger partial charge in [0.1, 0.15) is 5.75 Å². The second-order valence-corrected chi connectivity index (χ2v) is 9.80. The molecule has 3 rings (SSSR count). The van der Waals surface area contributed by atoms with Gasteiger partial charge in [-0.15, -0.1) is 0 Å². The third kappa shape index (κ3) is 4.48. The Balaban J connectivity index is 1.73. The van der Waals surface area contributed by atoms with E-state index in [-0.39, 0.29) is 23.7 Å². The Morgan fingerprint density at radius 3 is 2.37 bits per heavy atom. The third-order valence-electron chi connectivity index (χ3n) is 5.49. The van der Waals surface area contributed by atoms with Gasteiger partial charge in [-0.1, -0.05) is 32.0 Å². The first-order chi connectivity index (χ1) is 14.1. The number of hydrogen-bond donors (Lipinski definition) is 1. The number of sulfonamides is 1. The van der Waals surface area contributed by atoms with Gasteiger partial charge in [0.25, 0.3) is 5.69 Å². The van der Waals surface area contributed by atoms with Crippen LogP contribution in [0.2, 0.25) is 0 Å². The first-order valence-electron chi connectivity index (χ1n) is 9.89. The molecular formula is C21H27N3O5S. The fourth-order valence-corrected chi connectivity index (χ4v) is 5.42. The lowest BCUT2D eigenvalue weighted by molar-refractivity contribution is -0.387. The van der Waals surface area contributed by atoms with Crippen molar-refractivity contribution < 1.29 is 18.4 Å². The van der Waals surface area contributed by atoms with Crippen molar-refractivity contribution in [3.63, 3.8) is 0 Å². The largest absolute Gasteiger partial charge is 0.508 e. The van der Waals surface area contributed by atoms with Crippen LogP contribution < -0.4 is 0 Å². The molecule has 0 amide bonds. The first-order valence-corrected chi connectivity index (χ1v) is 11.3. The summed E-state index contributed by atoms with van der Waals surface area (Å²) in [5.74, 6) is 0.583. The smallest absolute Gasteiger partial charge is 0.289 e. The van der Waals surface area contributed by atoms with Crippen LogP contribution in [0.5, 0.6) is 5.75 Å². The van der Waals surface area contributed by atoms with Gasteiger partial charge >= 0.3 is 0 Å². The van der Waals surface area contributed by atoms with Gasteiger partial charge in [0.2, 0.25) is 10.0 Å². The quantitative estimate of drug-likeness (QED) is 0.554. The summed E-state index contributed by atoms with van der Waals surface area (Å²) in [4.78, 5) is 12.4. The first kappa shape index (κ1) is 22.2. The van der Waals surface area contributed by atoms with Crippen molar-refractivity contribution in [1.29, 1.82) is 0 Å². The second-order valence-electron chi connectivity index (χ2n) is 7.90. The van der Waals surface area contributed by atoms with Crippen molar-refractivity contribution >= 4 is 15.7 Å². The van der Waals surface area contributed by atoms with Crippen LogP contribution in [0.25, 0.3) is 0 Å². The van der Waals surface area contributed by atoms with E-state index in [0.717, 1.165) is 11.1 Å². The summed E-state index contributed by atoms with van der Waals surface area (Å²) < 4.78 is 27.2. The molecule has 0 aliphatic carbocycles. The summed E-state index contributed by atoms with van der Waals surface area (Å²) in [7, 11) is -3.95. The maximum Gasteiger partial charge on any atom is 0.289 e. The minimum absolute atomic E-state index is 0.234. The second kappa shape index (κ2) is 8.71. The van der Waals surface area contributed by atoms with E-state index in [4.69, 9.17) is 0 Å². The molecule has 0 saturated carbocycles. The molecule has 0 atom stereocenters. The van der Waals surface area contributed by atoms with Gasteiger partial charge < -0.3 is 5.11 Å². The number of nitro benzene ring substituents is 1. The topological polar surface area (TPSA) is 104 Å². The molecule has 30 heavy (non-hydrogen) atoms. The summed E-state index contributed by atoms with van der Waals surface area (Å²) in [5.41, 5.74) is 2.64. The molecule has 162 valence electrons. The van der Waals surface area contributed by atoms with E-state index in [9.17, 15) is 23.6 Å². The van der Waals surface area contributed by atoms with Crippen molar-refractivity contribution in [2.75, 3.05) is 26.2 Å². The number of para-hydroxylation sites is 1. The van der Waals surface area contributed by atoms with E-state index < -0.39 is 20.6 Å². The van der Waals surface area contributed by atoms with E-state index in [1.54, 1.807) is 6.07 Å². The Labute approximate surface area is 176 Å². The summed E-state index contributed by atoms with van der Waals surface area (Å²) in [5, 5.41) is 21.6. The van der Waals surface area contributed by atoms with Gasteiger partial charge in [0, 0.05) is 44.4 Å². The maximum absolute atomic E-state index is 13.0. The van der Waals surface area contributed by atoms with Crippen molar-refractivity contribution in [2.24, 2.45) is 0 Å². The number of nitro groups is 1. The van der Waals surface area contributed by atoms with E-state index in [1.807, 2.05) is 13.0 Å². The van der Waals surface area contributed by atoms with E-state index in [0.29, 0.717) is 25.6 Å². The molecule has 1 saturated heterocycles. The van der Waals surface area contributed by atoms with Gasteiger partial charge in [-0.2, -0.15) is 4.31 Å². The van der Waals surface area contributed by atoms with Gasteiger partial charge in [0.15, 0.2) is 4.90 Å². The van der Waals surface area contributed by atoms with Crippen LogP contribution in [0.1, 0.15) is 36.5 Å². The molecular weight excluding hydrogens is 406 g/mol. The zero-order valence-corrected chi connectivity index (χ0v) is 18.2. The average molecular weight is 434 g/mol. The van der Waals surface area contributed by atoms with Crippen molar-refractivity contribution in [3.8, 4) is 5.75 Å². The number of rotatable bonds is 6. The lowest BCUT2D eigenvalue weighted by atomic mass is 9.95. The Morgan fingerprint density at radius 1 is 1.13 bits per heavy atom. The SMILES string of the molecule is Cc1cc(O)c(CN2CCN(S(=O)(=O)c3ccccc3[N+](=O)[O-])CC2)cc1C(C)C. The fourth-order valence-electron chi connectivity index (χ4n) is 3.84. The molecule has 0 aromatic heterocycles. The predicted octanol–water partition coefficient (Wildman–Crippen LogP) is 3.24. The number of hydrogen-bond acceptors (Lipinski definition) is 6. The molecule has 8 nitrogen and oxygen atoms in total. The van der Waals surface area contributed by atoms with Crippen LogP contribution in [-0.4, -0.2) is 53.8 Å². The molecule has 1 heterocycles. The molecule has 2 aromatic carbocycles. The van der Waals surface area contributed by atoms with E-state index in [1.165, 1.54) is 34.1 Å². The molecule has 1 aliphatic rings. The Bertz CT molecular complexity index is 1040. The summed E-state index contributed by atoms with van der Waals surface area (Å²) >= 11 is 0. The number of phenolic OH excluding ortho intramolecular Hbond substituents is 1. The summed E-state index contributed by atoms with van der Waals surface area (Å²) in [6, 6.07) is 9.22. The highest BCUT2D eigenvalue weighted by molar-refractivity contribution is 7.89. The van der Waals surface area contributed by atoms with Crippen molar-refractivity contribution in [3.05, 3.63) is 63.2 Å². The van der Waals surface area contributed by atoms with E-state index in [2.05, 4.69) is 18.7 Å². The minimum Gasteiger partial charge on any atom is -0.508 e. The number of benzene rings is 2. The lowest BCUT2D eigenvalue weighted by Crippen LogP contribution is -2.48. The normalized spacial score (nSPS) is 16.1. The van der Waals surface area contributed by atoms with E-state index >= 15 is 0 Å². The zero-order chi connectivity index (χ0) is 22.1.